The minimum atomic E-state index is -0.758. The summed E-state index contributed by atoms with van der Waals surface area (Å²) < 4.78 is 0. The molecule has 66 valence electrons. The molecule has 0 rings (SSSR count). The van der Waals surface area contributed by atoms with Crippen molar-refractivity contribution in [2.45, 2.75) is 44.8 Å². The monoisotopic (exact) mass is 158 g/mol. The van der Waals surface area contributed by atoms with Crippen molar-refractivity contribution in [3.8, 4) is 0 Å². The smallest absolute Gasteiger partial charge is 0.0977 e. The van der Waals surface area contributed by atoms with Crippen LogP contribution in [0.2, 0.25) is 0 Å². The van der Waals surface area contributed by atoms with E-state index in [0.717, 1.165) is 19.3 Å². The summed E-state index contributed by atoms with van der Waals surface area (Å²) in [4.78, 5) is 0. The Morgan fingerprint density at radius 3 is 2.45 bits per heavy atom. The van der Waals surface area contributed by atoms with Gasteiger partial charge in [-0.2, -0.15) is 0 Å². The predicted molar refractivity (Wildman–Crippen MR) is 46.4 cm³/mol. The Balaban J connectivity index is 3.35. The van der Waals surface area contributed by atoms with Crippen molar-refractivity contribution in [1.29, 1.82) is 0 Å². The van der Waals surface area contributed by atoms with E-state index < -0.39 is 12.2 Å². The molecular weight excluding hydrogens is 140 g/mol. The van der Waals surface area contributed by atoms with Crippen LogP contribution in [-0.4, -0.2) is 22.4 Å². The van der Waals surface area contributed by atoms with Gasteiger partial charge in [-0.1, -0.05) is 32.3 Å². The van der Waals surface area contributed by atoms with Crippen LogP contribution in [0.15, 0.2) is 12.7 Å². The molecule has 0 saturated heterocycles. The Kier molecular flexibility index (Phi) is 6.18. The molecule has 0 heterocycles. The SMILES string of the molecule is C=C[C@H](O)[C@H](O)CCCCC. The summed E-state index contributed by atoms with van der Waals surface area (Å²) in [5.41, 5.74) is 0. The molecular formula is C9H18O2. The third-order valence-corrected chi connectivity index (χ3v) is 1.74. The highest BCUT2D eigenvalue weighted by Gasteiger charge is 2.10. The lowest BCUT2D eigenvalue weighted by molar-refractivity contribution is 0.0417. The molecule has 2 nitrogen and oxygen atoms in total. The molecule has 0 aliphatic heterocycles. The number of hydrogen-bond acceptors (Lipinski definition) is 2. The summed E-state index contributed by atoms with van der Waals surface area (Å²) in [6.45, 7) is 5.51. The molecule has 0 unspecified atom stereocenters. The summed E-state index contributed by atoms with van der Waals surface area (Å²) in [6, 6.07) is 0. The number of hydrogen-bond donors (Lipinski definition) is 2. The second-order valence-corrected chi connectivity index (χ2v) is 2.79. The molecule has 0 radical (unpaired) electrons. The highest BCUT2D eigenvalue weighted by Crippen LogP contribution is 2.06. The van der Waals surface area contributed by atoms with Gasteiger partial charge in [-0.3, -0.25) is 0 Å². The molecule has 0 aliphatic rings. The Labute approximate surface area is 68.6 Å². The number of aliphatic hydroxyl groups excluding tert-OH is 2. The first kappa shape index (κ1) is 10.7. The van der Waals surface area contributed by atoms with Crippen LogP contribution in [0.3, 0.4) is 0 Å². The molecule has 11 heavy (non-hydrogen) atoms. The van der Waals surface area contributed by atoms with Gasteiger partial charge in [0.05, 0.1) is 12.2 Å². The van der Waals surface area contributed by atoms with Crippen LogP contribution in [0.25, 0.3) is 0 Å². The second-order valence-electron chi connectivity index (χ2n) is 2.79. The van der Waals surface area contributed by atoms with Crippen molar-refractivity contribution in [1.82, 2.24) is 0 Å². The van der Waals surface area contributed by atoms with Gasteiger partial charge in [0.15, 0.2) is 0 Å². The number of aliphatic hydroxyl groups is 2. The van der Waals surface area contributed by atoms with Crippen LogP contribution in [0.4, 0.5) is 0 Å². The molecule has 0 aromatic carbocycles. The van der Waals surface area contributed by atoms with E-state index in [2.05, 4.69) is 13.5 Å². The van der Waals surface area contributed by atoms with E-state index in [0.29, 0.717) is 6.42 Å². The zero-order chi connectivity index (χ0) is 8.69. The van der Waals surface area contributed by atoms with Crippen LogP contribution in [0.5, 0.6) is 0 Å². The van der Waals surface area contributed by atoms with E-state index in [1.807, 2.05) is 0 Å². The molecule has 0 saturated carbocycles. The van der Waals surface area contributed by atoms with Gasteiger partial charge in [0.2, 0.25) is 0 Å². The Morgan fingerprint density at radius 2 is 2.00 bits per heavy atom. The van der Waals surface area contributed by atoms with Crippen LogP contribution >= 0.6 is 0 Å². The Bertz CT molecular complexity index is 102. The Morgan fingerprint density at radius 1 is 1.36 bits per heavy atom. The molecule has 0 amide bonds. The lowest BCUT2D eigenvalue weighted by atomic mass is 10.1. The minimum Gasteiger partial charge on any atom is -0.390 e. The van der Waals surface area contributed by atoms with Gasteiger partial charge < -0.3 is 10.2 Å². The molecule has 2 heteroatoms. The quantitative estimate of drug-likeness (QED) is 0.454. The minimum absolute atomic E-state index is 0.626. The summed E-state index contributed by atoms with van der Waals surface area (Å²) in [5, 5.41) is 18.3. The summed E-state index contributed by atoms with van der Waals surface area (Å²) >= 11 is 0. The molecule has 0 aromatic rings. The fourth-order valence-corrected chi connectivity index (χ4v) is 0.931. The van der Waals surface area contributed by atoms with Crippen molar-refractivity contribution in [2.75, 3.05) is 0 Å². The summed E-state index contributed by atoms with van der Waals surface area (Å²) in [6.07, 6.45) is 3.88. The lowest BCUT2D eigenvalue weighted by Gasteiger charge is -2.13. The van der Waals surface area contributed by atoms with E-state index in [4.69, 9.17) is 5.11 Å². The lowest BCUT2D eigenvalue weighted by Crippen LogP contribution is -2.23. The molecule has 0 aliphatic carbocycles. The third kappa shape index (κ3) is 4.99. The van der Waals surface area contributed by atoms with E-state index in [1.54, 1.807) is 0 Å². The van der Waals surface area contributed by atoms with Gasteiger partial charge in [-0.15, -0.1) is 6.58 Å². The fraction of sp³-hybridized carbons (Fsp3) is 0.778. The topological polar surface area (TPSA) is 40.5 Å². The largest absolute Gasteiger partial charge is 0.390 e. The zero-order valence-corrected chi connectivity index (χ0v) is 7.16. The van der Waals surface area contributed by atoms with Crippen molar-refractivity contribution in [2.24, 2.45) is 0 Å². The molecule has 0 spiro atoms. The van der Waals surface area contributed by atoms with Crippen molar-refractivity contribution < 1.29 is 10.2 Å². The van der Waals surface area contributed by atoms with Crippen molar-refractivity contribution >= 4 is 0 Å². The first-order chi connectivity index (χ1) is 5.22. The molecule has 2 N–H and O–H groups in total. The number of rotatable bonds is 6. The Hall–Kier alpha value is -0.340. The molecule has 0 fully saturated rings. The van der Waals surface area contributed by atoms with Gasteiger partial charge in [-0.25, -0.2) is 0 Å². The third-order valence-electron chi connectivity index (χ3n) is 1.74. The van der Waals surface area contributed by atoms with Crippen LogP contribution < -0.4 is 0 Å². The highest BCUT2D eigenvalue weighted by molar-refractivity contribution is 4.83. The molecule has 2 atom stereocenters. The fourth-order valence-electron chi connectivity index (χ4n) is 0.931. The van der Waals surface area contributed by atoms with E-state index >= 15 is 0 Å². The van der Waals surface area contributed by atoms with Crippen LogP contribution in [0, 0.1) is 0 Å². The normalized spacial score (nSPS) is 15.9. The average Bonchev–Trinajstić information content (AvgIpc) is 2.03. The number of unbranched alkanes of at least 4 members (excludes halogenated alkanes) is 2. The van der Waals surface area contributed by atoms with Gasteiger partial charge >= 0.3 is 0 Å². The highest BCUT2D eigenvalue weighted by atomic mass is 16.3. The maximum atomic E-state index is 9.22. The first-order valence-corrected chi connectivity index (χ1v) is 4.21. The van der Waals surface area contributed by atoms with Crippen LogP contribution in [-0.2, 0) is 0 Å². The maximum Gasteiger partial charge on any atom is 0.0977 e. The van der Waals surface area contributed by atoms with Gasteiger partial charge in [0.25, 0.3) is 0 Å². The zero-order valence-electron chi connectivity index (χ0n) is 7.16. The van der Waals surface area contributed by atoms with Crippen LogP contribution in [0.1, 0.15) is 32.6 Å². The first-order valence-electron chi connectivity index (χ1n) is 4.21. The predicted octanol–water partition coefficient (Wildman–Crippen LogP) is 1.47. The molecule has 0 bridgehead atoms. The van der Waals surface area contributed by atoms with Gasteiger partial charge in [0, 0.05) is 0 Å². The summed E-state index contributed by atoms with van der Waals surface area (Å²) in [7, 11) is 0. The van der Waals surface area contributed by atoms with E-state index in [9.17, 15) is 5.11 Å². The van der Waals surface area contributed by atoms with Gasteiger partial charge in [0.1, 0.15) is 0 Å². The standard InChI is InChI=1S/C9H18O2/c1-3-5-6-7-9(11)8(10)4-2/h4,8-11H,2-3,5-7H2,1H3/t8-,9+/m0/s1. The van der Waals surface area contributed by atoms with Crippen molar-refractivity contribution in [3.05, 3.63) is 12.7 Å². The van der Waals surface area contributed by atoms with E-state index in [1.165, 1.54) is 6.08 Å². The summed E-state index contributed by atoms with van der Waals surface area (Å²) in [5.74, 6) is 0. The van der Waals surface area contributed by atoms with Gasteiger partial charge in [-0.05, 0) is 6.42 Å². The van der Waals surface area contributed by atoms with Crippen molar-refractivity contribution in [3.63, 3.8) is 0 Å². The molecule has 0 aromatic heterocycles. The maximum absolute atomic E-state index is 9.22. The van der Waals surface area contributed by atoms with E-state index in [-0.39, 0.29) is 0 Å². The average molecular weight is 158 g/mol. The second kappa shape index (κ2) is 6.38.